The molecule has 16 heteroatoms. The van der Waals surface area contributed by atoms with E-state index in [0.717, 1.165) is 43.1 Å². The molecule has 0 saturated carbocycles. The highest BCUT2D eigenvalue weighted by Crippen LogP contribution is 2.37. The first-order chi connectivity index (χ1) is 33.3. The van der Waals surface area contributed by atoms with Gasteiger partial charge in [-0.25, -0.2) is 0 Å². The van der Waals surface area contributed by atoms with E-state index in [4.69, 9.17) is 15.2 Å². The van der Waals surface area contributed by atoms with Crippen molar-refractivity contribution in [1.29, 1.82) is 0 Å². The van der Waals surface area contributed by atoms with Crippen LogP contribution in [0.1, 0.15) is 76.9 Å². The summed E-state index contributed by atoms with van der Waals surface area (Å²) in [6.45, 7) is 9.64. The van der Waals surface area contributed by atoms with Crippen LogP contribution >= 0.6 is 12.4 Å². The zero-order valence-electron chi connectivity index (χ0n) is 40.3. The van der Waals surface area contributed by atoms with E-state index in [1.165, 1.54) is 11.1 Å². The Morgan fingerprint density at radius 1 is 0.671 bits per heavy atom. The van der Waals surface area contributed by atoms with Gasteiger partial charge in [-0.3, -0.25) is 48.4 Å². The first kappa shape index (κ1) is 55.3. The average molecular weight is 983 g/mol. The molecule has 70 heavy (non-hydrogen) atoms. The molecule has 4 aromatic carbocycles. The van der Waals surface area contributed by atoms with Crippen molar-refractivity contribution in [1.82, 2.24) is 19.6 Å². The maximum Gasteiger partial charge on any atom is 0.316 e. The molecule has 376 valence electrons. The molecule has 3 fully saturated rings. The molecule has 3 saturated heterocycles. The van der Waals surface area contributed by atoms with Gasteiger partial charge in [0.25, 0.3) is 11.8 Å². The van der Waals surface area contributed by atoms with Crippen molar-refractivity contribution in [3.05, 3.63) is 143 Å². The number of fused-ring (bicyclic) bond motifs is 1. The molecule has 4 aliphatic rings. The van der Waals surface area contributed by atoms with Gasteiger partial charge in [0.05, 0.1) is 62.0 Å². The predicted octanol–water partition coefficient (Wildman–Crippen LogP) is 4.95. The van der Waals surface area contributed by atoms with E-state index >= 15 is 0 Å². The summed E-state index contributed by atoms with van der Waals surface area (Å²) in [5.74, 6) is -2.44. The summed E-state index contributed by atoms with van der Waals surface area (Å²) in [6.07, 6.45) is 0.972. The summed E-state index contributed by atoms with van der Waals surface area (Å²) < 4.78 is 10.1. The number of aliphatic hydroxyl groups is 2. The molecule has 8 rings (SSSR count). The maximum atomic E-state index is 13.4. The van der Waals surface area contributed by atoms with Crippen molar-refractivity contribution in [3.8, 4) is 0 Å². The summed E-state index contributed by atoms with van der Waals surface area (Å²) in [6, 6.07) is 36.7. The molecule has 0 spiro atoms. The molecular weight excluding hydrogens is 914 g/mol. The molecule has 0 bridgehead atoms. The van der Waals surface area contributed by atoms with Gasteiger partial charge in [-0.05, 0) is 75.0 Å². The molecule has 0 aliphatic carbocycles. The van der Waals surface area contributed by atoms with Crippen molar-refractivity contribution in [2.75, 3.05) is 72.2 Å². The number of hydrogen-bond donors (Lipinski definition) is 3. The van der Waals surface area contributed by atoms with Gasteiger partial charge in [0.2, 0.25) is 0 Å². The van der Waals surface area contributed by atoms with Crippen molar-refractivity contribution < 1.29 is 48.5 Å². The summed E-state index contributed by atoms with van der Waals surface area (Å²) in [5, 5.41) is 19.6. The van der Waals surface area contributed by atoms with Crippen LogP contribution in [0.2, 0.25) is 0 Å². The molecule has 4 unspecified atom stereocenters. The van der Waals surface area contributed by atoms with Gasteiger partial charge in [0.1, 0.15) is 5.92 Å². The van der Waals surface area contributed by atoms with Gasteiger partial charge in [-0.1, -0.05) is 103 Å². The first-order valence-corrected chi connectivity index (χ1v) is 24.0. The second-order valence-corrected chi connectivity index (χ2v) is 18.3. The van der Waals surface area contributed by atoms with E-state index in [0.29, 0.717) is 63.3 Å². The van der Waals surface area contributed by atoms with E-state index in [9.17, 15) is 39.0 Å². The van der Waals surface area contributed by atoms with Gasteiger partial charge in [0.15, 0.2) is 11.6 Å². The van der Waals surface area contributed by atoms with Crippen molar-refractivity contribution in [2.24, 2.45) is 22.5 Å². The van der Waals surface area contributed by atoms with Gasteiger partial charge >= 0.3 is 11.9 Å². The van der Waals surface area contributed by atoms with Crippen LogP contribution in [0.25, 0.3) is 0 Å². The summed E-state index contributed by atoms with van der Waals surface area (Å²) >= 11 is 0. The van der Waals surface area contributed by atoms with Gasteiger partial charge in [-0.2, -0.15) is 0 Å². The number of carbonyl (C=O) groups is 6. The Morgan fingerprint density at radius 3 is 1.61 bits per heavy atom. The number of rotatable bonds is 15. The zero-order chi connectivity index (χ0) is 49.4. The number of hydrogen-bond acceptors (Lipinski definition) is 14. The normalized spacial score (nSPS) is 22.7. The van der Waals surface area contributed by atoms with Crippen LogP contribution in [0.5, 0.6) is 0 Å². The Hall–Kier alpha value is -5.65. The lowest BCUT2D eigenvalue weighted by atomic mass is 9.74. The SMILES string of the molecule is CCOC(=O)C1CCN(Cc2ccccc2)CC1=O.CCOC(=O)CC1(CN2C(=O)c3ccccc3C2=O)CCN(Cc2ccccc2)CC1=O.Cl.NCC1(CO)CCN(Cc2ccccc2)CC1O. The number of nitrogens with zero attached hydrogens (tertiary/aromatic N) is 4. The number of carbonyl (C=O) groups excluding carboxylic acids is 6. The van der Waals surface area contributed by atoms with E-state index in [2.05, 4.69) is 21.9 Å². The topological polar surface area (TPSA) is 200 Å². The highest BCUT2D eigenvalue weighted by molar-refractivity contribution is 6.21. The van der Waals surface area contributed by atoms with Crippen LogP contribution < -0.4 is 5.73 Å². The largest absolute Gasteiger partial charge is 0.466 e. The third-order valence-corrected chi connectivity index (χ3v) is 13.6. The number of ether oxygens (including phenoxy) is 2. The van der Waals surface area contributed by atoms with Crippen molar-refractivity contribution >= 4 is 47.7 Å². The Bertz CT molecular complexity index is 2320. The summed E-state index contributed by atoms with van der Waals surface area (Å²) in [7, 11) is 0. The van der Waals surface area contributed by atoms with Crippen LogP contribution in [0.15, 0.2) is 115 Å². The fourth-order valence-corrected chi connectivity index (χ4v) is 9.42. The molecule has 4 atom stereocenters. The number of piperidine rings is 3. The fourth-order valence-electron chi connectivity index (χ4n) is 9.42. The Labute approximate surface area is 417 Å². The van der Waals surface area contributed by atoms with E-state index in [1.54, 1.807) is 38.1 Å². The van der Waals surface area contributed by atoms with Crippen LogP contribution in [-0.4, -0.2) is 143 Å². The second kappa shape index (κ2) is 26.5. The monoisotopic (exact) mass is 981 g/mol. The number of imide groups is 1. The third kappa shape index (κ3) is 14.2. The number of ketones is 2. The minimum absolute atomic E-state index is 0. The van der Waals surface area contributed by atoms with Gasteiger partial charge in [-0.15, -0.1) is 12.4 Å². The number of nitrogens with two attached hydrogens (primary N) is 1. The lowest BCUT2D eigenvalue weighted by Crippen LogP contribution is -2.55. The van der Waals surface area contributed by atoms with Gasteiger partial charge in [0, 0.05) is 51.2 Å². The number of esters is 2. The van der Waals surface area contributed by atoms with Crippen LogP contribution in [0.3, 0.4) is 0 Å². The Balaban J connectivity index is 0.000000207. The molecule has 0 aromatic heterocycles. The van der Waals surface area contributed by atoms with Crippen molar-refractivity contribution in [3.63, 3.8) is 0 Å². The van der Waals surface area contributed by atoms with E-state index in [1.807, 2.05) is 83.8 Å². The highest BCUT2D eigenvalue weighted by atomic mass is 35.5. The molecular formula is C54H68ClN5O10. The first-order valence-electron chi connectivity index (χ1n) is 24.0. The number of amides is 2. The molecule has 2 amide bonds. The van der Waals surface area contributed by atoms with Crippen LogP contribution in [0.4, 0.5) is 0 Å². The van der Waals surface area contributed by atoms with Crippen LogP contribution in [0, 0.1) is 16.7 Å². The molecule has 4 aromatic rings. The number of aliphatic hydroxyl groups excluding tert-OH is 2. The average Bonchev–Trinajstić information content (AvgIpc) is 3.59. The lowest BCUT2D eigenvalue weighted by Gasteiger charge is -2.44. The molecule has 4 aliphatic heterocycles. The van der Waals surface area contributed by atoms with E-state index in [-0.39, 0.29) is 62.7 Å². The Kier molecular flexibility index (Phi) is 20.9. The quantitative estimate of drug-likeness (QED) is 0.0821. The second-order valence-electron chi connectivity index (χ2n) is 18.3. The predicted molar refractivity (Wildman–Crippen MR) is 266 cm³/mol. The zero-order valence-corrected chi connectivity index (χ0v) is 41.1. The van der Waals surface area contributed by atoms with Crippen LogP contribution in [-0.2, 0) is 48.3 Å². The standard InChI is InChI=1S/C25H26N2O5.C15H19NO3.C14H22N2O2.ClH/c1-2-32-22(29)14-25(17-27-23(30)19-10-6-7-11-20(19)24(27)31)12-13-26(16-21(25)28)15-18-8-4-3-5-9-18;1-2-19-15(18)13-8-9-16(11-14(13)17)10-12-6-4-3-5-7-12;15-10-14(11-17)6-7-16(9-13(14)18)8-12-4-2-1-3-5-12;/h3-11H,2,12-17H2,1H3;3-7,13H,2,8-11H2,1H3;1-5,13,17-18H,6-11,15H2;1H. The molecule has 0 radical (unpaired) electrons. The van der Waals surface area contributed by atoms with Gasteiger partial charge < -0.3 is 25.4 Å². The Morgan fingerprint density at radius 2 is 1.16 bits per heavy atom. The van der Waals surface area contributed by atoms with E-state index < -0.39 is 40.6 Å². The minimum atomic E-state index is -1.15. The number of likely N-dealkylation sites (tertiary alicyclic amines) is 3. The molecule has 15 nitrogen and oxygen atoms in total. The maximum absolute atomic E-state index is 13.4. The number of β-amino-alcohol motifs (C(OH)–C–C–N with tert-alkyl or cyclic N) is 1. The number of halogens is 1. The number of Topliss-reactive ketones (excluding diaryl/α,β-unsaturated/α-hetero) is 2. The third-order valence-electron chi connectivity index (χ3n) is 13.6. The highest BCUT2D eigenvalue weighted by Gasteiger charge is 2.49. The summed E-state index contributed by atoms with van der Waals surface area (Å²) in [4.78, 5) is 82.7. The fraction of sp³-hybridized carbons (Fsp3) is 0.444. The molecule has 4 N–H and O–H groups in total. The minimum Gasteiger partial charge on any atom is -0.466 e. The smallest absolute Gasteiger partial charge is 0.316 e. The van der Waals surface area contributed by atoms with Crippen molar-refractivity contribution in [2.45, 2.75) is 65.3 Å². The number of benzene rings is 4. The summed E-state index contributed by atoms with van der Waals surface area (Å²) in [5.41, 5.74) is 8.23. The lowest BCUT2D eigenvalue weighted by molar-refractivity contribution is -0.154. The molecule has 4 heterocycles.